The van der Waals surface area contributed by atoms with E-state index < -0.39 is 0 Å². The SMILES string of the molecule is O=C(CCNC(=O)C12CC3CC(CC(C3)C1)C2)Nc1cc(Cl)cc(Cl)c1. The number of amides is 2. The molecule has 4 aliphatic rings. The van der Waals surface area contributed by atoms with E-state index >= 15 is 0 Å². The summed E-state index contributed by atoms with van der Waals surface area (Å²) in [5.74, 6) is 2.22. The number of carbonyl (C=O) groups excluding carboxylic acids is 2. The van der Waals surface area contributed by atoms with Gasteiger partial charge < -0.3 is 10.6 Å². The summed E-state index contributed by atoms with van der Waals surface area (Å²) in [7, 11) is 0. The van der Waals surface area contributed by atoms with E-state index in [1.807, 2.05) is 0 Å². The van der Waals surface area contributed by atoms with Gasteiger partial charge in [-0.2, -0.15) is 0 Å². The van der Waals surface area contributed by atoms with Crippen LogP contribution in [0, 0.1) is 23.2 Å². The maximum absolute atomic E-state index is 12.8. The van der Waals surface area contributed by atoms with Crippen molar-refractivity contribution < 1.29 is 9.59 Å². The third-order valence-electron chi connectivity index (χ3n) is 6.30. The van der Waals surface area contributed by atoms with Crippen molar-refractivity contribution in [2.75, 3.05) is 11.9 Å². The van der Waals surface area contributed by atoms with E-state index in [0.717, 1.165) is 37.0 Å². The highest BCUT2D eigenvalue weighted by Gasteiger charge is 2.54. The molecule has 26 heavy (non-hydrogen) atoms. The van der Waals surface area contributed by atoms with E-state index in [1.165, 1.54) is 19.3 Å². The van der Waals surface area contributed by atoms with Crippen molar-refractivity contribution >= 4 is 40.7 Å². The molecule has 0 aromatic heterocycles. The zero-order chi connectivity index (χ0) is 18.3. The van der Waals surface area contributed by atoms with Crippen LogP contribution in [0.3, 0.4) is 0 Å². The molecule has 0 saturated heterocycles. The summed E-state index contributed by atoms with van der Waals surface area (Å²) in [6.45, 7) is 0.362. The standard InChI is InChI=1S/C20H24Cl2N2O2/c21-15-6-16(22)8-17(7-15)24-18(25)1-2-23-19(26)20-9-12-3-13(10-20)5-14(4-12)11-20/h6-8,12-14H,1-5,9-11H2,(H,23,26)(H,24,25). The predicted molar refractivity (Wildman–Crippen MR) is 103 cm³/mol. The highest BCUT2D eigenvalue weighted by molar-refractivity contribution is 6.35. The maximum Gasteiger partial charge on any atom is 0.226 e. The average Bonchev–Trinajstić information content (AvgIpc) is 2.52. The number of anilines is 1. The summed E-state index contributed by atoms with van der Waals surface area (Å²) in [6, 6.07) is 4.92. The molecule has 0 unspecified atom stereocenters. The molecule has 6 heteroatoms. The Morgan fingerprint density at radius 2 is 1.50 bits per heavy atom. The zero-order valence-corrected chi connectivity index (χ0v) is 16.2. The van der Waals surface area contributed by atoms with E-state index in [1.54, 1.807) is 18.2 Å². The molecule has 1 aromatic rings. The van der Waals surface area contributed by atoms with Crippen LogP contribution in [0.1, 0.15) is 44.9 Å². The Morgan fingerprint density at radius 1 is 0.962 bits per heavy atom. The maximum atomic E-state index is 12.8. The van der Waals surface area contributed by atoms with E-state index in [0.29, 0.717) is 22.3 Å². The van der Waals surface area contributed by atoms with Crippen LogP contribution >= 0.6 is 23.2 Å². The highest BCUT2D eigenvalue weighted by Crippen LogP contribution is 2.60. The lowest BCUT2D eigenvalue weighted by atomic mass is 9.49. The summed E-state index contributed by atoms with van der Waals surface area (Å²) in [6.07, 6.45) is 7.31. The lowest BCUT2D eigenvalue weighted by molar-refractivity contribution is -0.146. The Morgan fingerprint density at radius 3 is 2.04 bits per heavy atom. The minimum absolute atomic E-state index is 0.158. The van der Waals surface area contributed by atoms with Crippen LogP contribution in [-0.4, -0.2) is 18.4 Å². The van der Waals surface area contributed by atoms with Crippen molar-refractivity contribution in [3.8, 4) is 0 Å². The van der Waals surface area contributed by atoms with Crippen molar-refractivity contribution in [3.05, 3.63) is 28.2 Å². The lowest BCUT2D eigenvalue weighted by Gasteiger charge is -2.55. The Balaban J connectivity index is 1.28. The van der Waals surface area contributed by atoms with Crippen molar-refractivity contribution in [2.24, 2.45) is 23.2 Å². The van der Waals surface area contributed by atoms with Gasteiger partial charge in [0.05, 0.1) is 0 Å². The fraction of sp³-hybridized carbons (Fsp3) is 0.600. The first-order chi connectivity index (χ1) is 12.4. The second-order valence-electron chi connectivity index (χ2n) is 8.41. The van der Waals surface area contributed by atoms with E-state index in [9.17, 15) is 9.59 Å². The smallest absolute Gasteiger partial charge is 0.226 e. The van der Waals surface area contributed by atoms with Crippen LogP contribution in [0.25, 0.3) is 0 Å². The lowest BCUT2D eigenvalue weighted by Crippen LogP contribution is -2.53. The second-order valence-corrected chi connectivity index (χ2v) is 9.28. The van der Waals surface area contributed by atoms with Crippen molar-refractivity contribution in [1.29, 1.82) is 0 Å². The van der Waals surface area contributed by atoms with E-state index in [2.05, 4.69) is 10.6 Å². The topological polar surface area (TPSA) is 58.2 Å². The summed E-state index contributed by atoms with van der Waals surface area (Å²) >= 11 is 11.9. The van der Waals surface area contributed by atoms with Crippen LogP contribution in [0.4, 0.5) is 5.69 Å². The van der Waals surface area contributed by atoms with Crippen LogP contribution < -0.4 is 10.6 Å². The number of rotatable bonds is 5. The molecule has 0 aliphatic heterocycles. The summed E-state index contributed by atoms with van der Waals surface area (Å²) in [5, 5.41) is 6.75. The third-order valence-corrected chi connectivity index (χ3v) is 6.74. The van der Waals surface area contributed by atoms with Gasteiger partial charge in [-0.25, -0.2) is 0 Å². The van der Waals surface area contributed by atoms with Gasteiger partial charge in [0.1, 0.15) is 0 Å². The number of hydrogen-bond donors (Lipinski definition) is 2. The molecule has 5 rings (SSSR count). The molecular formula is C20H24Cl2N2O2. The molecule has 4 nitrogen and oxygen atoms in total. The molecule has 4 bridgehead atoms. The van der Waals surface area contributed by atoms with Gasteiger partial charge in [-0.3, -0.25) is 9.59 Å². The monoisotopic (exact) mass is 394 g/mol. The molecule has 0 atom stereocenters. The number of nitrogens with one attached hydrogen (secondary N) is 2. The van der Waals surface area contributed by atoms with Crippen LogP contribution in [0.2, 0.25) is 10.0 Å². The first-order valence-electron chi connectivity index (χ1n) is 9.46. The predicted octanol–water partition coefficient (Wildman–Crippen LogP) is 4.65. The molecule has 2 N–H and O–H groups in total. The Kier molecular flexibility index (Phi) is 4.91. The normalized spacial score (nSPS) is 31.7. The molecule has 0 radical (unpaired) electrons. The van der Waals surface area contributed by atoms with Crippen LogP contribution in [-0.2, 0) is 9.59 Å². The summed E-state index contributed by atoms with van der Waals surface area (Å²) < 4.78 is 0. The van der Waals surface area contributed by atoms with Gasteiger partial charge in [0, 0.05) is 34.1 Å². The molecular weight excluding hydrogens is 371 g/mol. The van der Waals surface area contributed by atoms with Gasteiger partial charge in [-0.05, 0) is 74.5 Å². The van der Waals surface area contributed by atoms with E-state index in [-0.39, 0.29) is 23.7 Å². The molecule has 2 amide bonds. The van der Waals surface area contributed by atoms with E-state index in [4.69, 9.17) is 23.2 Å². The number of benzene rings is 1. The van der Waals surface area contributed by atoms with Gasteiger partial charge in [-0.15, -0.1) is 0 Å². The third kappa shape index (κ3) is 3.72. The van der Waals surface area contributed by atoms with Crippen LogP contribution in [0.5, 0.6) is 0 Å². The minimum atomic E-state index is -0.161. The summed E-state index contributed by atoms with van der Waals surface area (Å²) in [5.41, 5.74) is 0.408. The fourth-order valence-electron chi connectivity index (χ4n) is 5.72. The number of halogens is 2. The largest absolute Gasteiger partial charge is 0.355 e. The first-order valence-corrected chi connectivity index (χ1v) is 10.2. The van der Waals surface area contributed by atoms with Crippen LogP contribution in [0.15, 0.2) is 18.2 Å². The molecule has 0 heterocycles. The average molecular weight is 395 g/mol. The summed E-state index contributed by atoms with van der Waals surface area (Å²) in [4.78, 5) is 25.0. The van der Waals surface area contributed by atoms with Gasteiger partial charge in [0.15, 0.2) is 0 Å². The van der Waals surface area contributed by atoms with Gasteiger partial charge >= 0.3 is 0 Å². The second kappa shape index (κ2) is 7.05. The molecule has 4 saturated carbocycles. The molecule has 140 valence electrons. The molecule has 4 aliphatic carbocycles. The Hall–Kier alpha value is -1.26. The first kappa shape index (κ1) is 18.1. The number of hydrogen-bond acceptors (Lipinski definition) is 2. The minimum Gasteiger partial charge on any atom is -0.355 e. The molecule has 1 aromatic carbocycles. The molecule has 4 fully saturated rings. The fourth-order valence-corrected chi connectivity index (χ4v) is 6.24. The van der Waals surface area contributed by atoms with Crippen molar-refractivity contribution in [3.63, 3.8) is 0 Å². The Bertz CT molecular complexity index is 679. The Labute approximate surface area is 164 Å². The van der Waals surface area contributed by atoms with Gasteiger partial charge in [0.25, 0.3) is 0 Å². The molecule has 0 spiro atoms. The van der Waals surface area contributed by atoms with Crippen molar-refractivity contribution in [2.45, 2.75) is 44.9 Å². The zero-order valence-electron chi connectivity index (χ0n) is 14.7. The number of carbonyl (C=O) groups is 2. The quantitative estimate of drug-likeness (QED) is 0.762. The highest BCUT2D eigenvalue weighted by atomic mass is 35.5. The van der Waals surface area contributed by atoms with Gasteiger partial charge in [-0.1, -0.05) is 23.2 Å². The van der Waals surface area contributed by atoms with Gasteiger partial charge in [0.2, 0.25) is 11.8 Å². The van der Waals surface area contributed by atoms with Crippen molar-refractivity contribution in [1.82, 2.24) is 5.32 Å².